The van der Waals surface area contributed by atoms with Crippen molar-refractivity contribution >= 4 is 0 Å². The quantitative estimate of drug-likeness (QED) is 0.851. The summed E-state index contributed by atoms with van der Waals surface area (Å²) >= 11 is 0. The Labute approximate surface area is 119 Å². The number of rotatable bonds is 1. The third-order valence-corrected chi connectivity index (χ3v) is 4.56. The number of benzene rings is 1. The fraction of sp³-hybridized carbons (Fsp3) is 0.625. The molecule has 0 amide bonds. The van der Waals surface area contributed by atoms with E-state index in [1.54, 1.807) is 0 Å². The van der Waals surface area contributed by atoms with Gasteiger partial charge in [-0.15, -0.1) is 0 Å². The molecule has 3 heterocycles. The summed E-state index contributed by atoms with van der Waals surface area (Å²) in [5.74, 6) is 2.39. The second-order valence-corrected chi connectivity index (χ2v) is 5.85. The molecule has 0 aliphatic carbocycles. The Balaban J connectivity index is 1.68. The molecule has 0 aromatic heterocycles. The van der Waals surface area contributed by atoms with Crippen LogP contribution in [0.2, 0.25) is 0 Å². The van der Waals surface area contributed by atoms with Gasteiger partial charge in [-0.2, -0.15) is 0 Å². The molecule has 4 rings (SSSR count). The molecule has 0 bridgehead atoms. The van der Waals surface area contributed by atoms with E-state index in [4.69, 9.17) is 14.2 Å². The molecule has 0 saturated carbocycles. The first kappa shape index (κ1) is 12.5. The monoisotopic (exact) mass is 275 g/mol. The molecule has 108 valence electrons. The lowest BCUT2D eigenvalue weighted by Gasteiger charge is -2.36. The van der Waals surface area contributed by atoms with Crippen LogP contribution in [-0.2, 0) is 11.2 Å². The molecule has 4 nitrogen and oxygen atoms in total. The molecule has 2 unspecified atom stereocenters. The Morgan fingerprint density at radius 3 is 2.70 bits per heavy atom. The Hall–Kier alpha value is -1.26. The molecular weight excluding hydrogens is 254 g/mol. The highest BCUT2D eigenvalue weighted by molar-refractivity contribution is 5.50. The minimum Gasteiger partial charge on any atom is -0.486 e. The first-order chi connectivity index (χ1) is 9.92. The largest absolute Gasteiger partial charge is 0.486 e. The summed E-state index contributed by atoms with van der Waals surface area (Å²) in [5, 5.41) is 3.68. The van der Waals surface area contributed by atoms with Crippen molar-refractivity contribution in [3.8, 4) is 11.5 Å². The normalized spacial score (nSPS) is 28.8. The molecule has 20 heavy (non-hydrogen) atoms. The molecule has 0 radical (unpaired) electrons. The zero-order valence-corrected chi connectivity index (χ0v) is 11.7. The van der Waals surface area contributed by atoms with Gasteiger partial charge >= 0.3 is 0 Å². The summed E-state index contributed by atoms with van der Waals surface area (Å²) in [7, 11) is 0. The van der Waals surface area contributed by atoms with E-state index in [0.29, 0.717) is 25.2 Å². The van der Waals surface area contributed by atoms with Crippen LogP contribution < -0.4 is 14.8 Å². The van der Waals surface area contributed by atoms with Crippen LogP contribution in [0.3, 0.4) is 0 Å². The van der Waals surface area contributed by atoms with E-state index >= 15 is 0 Å². The smallest absolute Gasteiger partial charge is 0.161 e. The number of fused-ring (bicyclic) bond motifs is 2. The number of ether oxygens (including phenoxy) is 3. The zero-order chi connectivity index (χ0) is 13.4. The lowest BCUT2D eigenvalue weighted by molar-refractivity contribution is 0.0379. The van der Waals surface area contributed by atoms with Gasteiger partial charge in [0.1, 0.15) is 13.2 Å². The van der Waals surface area contributed by atoms with Crippen molar-refractivity contribution in [1.82, 2.24) is 5.32 Å². The van der Waals surface area contributed by atoms with Crippen LogP contribution in [-0.4, -0.2) is 33.0 Å². The van der Waals surface area contributed by atoms with Crippen LogP contribution in [0.15, 0.2) is 12.1 Å². The average Bonchev–Trinajstić information content (AvgIpc) is 2.53. The molecule has 3 aliphatic rings. The van der Waals surface area contributed by atoms with Gasteiger partial charge in [0.2, 0.25) is 0 Å². The summed E-state index contributed by atoms with van der Waals surface area (Å²) < 4.78 is 17.1. The minimum atomic E-state index is 0.398. The molecule has 4 heteroatoms. The lowest BCUT2D eigenvalue weighted by atomic mass is 9.83. The molecule has 1 saturated heterocycles. The Morgan fingerprint density at radius 1 is 1.05 bits per heavy atom. The first-order valence-electron chi connectivity index (χ1n) is 7.65. The van der Waals surface area contributed by atoms with Gasteiger partial charge in [0.05, 0.1) is 6.61 Å². The predicted molar refractivity (Wildman–Crippen MR) is 75.4 cm³/mol. The second-order valence-electron chi connectivity index (χ2n) is 5.85. The van der Waals surface area contributed by atoms with Crippen molar-refractivity contribution in [1.29, 1.82) is 0 Å². The van der Waals surface area contributed by atoms with Crippen molar-refractivity contribution in [3.05, 3.63) is 23.3 Å². The van der Waals surface area contributed by atoms with E-state index in [2.05, 4.69) is 17.4 Å². The molecule has 1 aromatic rings. The number of hydrogen-bond acceptors (Lipinski definition) is 4. The second kappa shape index (κ2) is 5.26. The maximum absolute atomic E-state index is 5.74. The molecule has 1 aromatic carbocycles. The standard InChI is InChI=1S/C16H21NO3/c1-2-12(10-18-5-1)16-13-9-15-14(19-6-7-20-15)8-11(13)3-4-17-16/h8-9,12,16-17H,1-7,10H2. The van der Waals surface area contributed by atoms with Crippen molar-refractivity contribution in [2.75, 3.05) is 33.0 Å². The molecule has 0 spiro atoms. The molecule has 1 N–H and O–H groups in total. The molecular formula is C16H21NO3. The summed E-state index contributed by atoms with van der Waals surface area (Å²) in [6.07, 6.45) is 3.48. The minimum absolute atomic E-state index is 0.398. The van der Waals surface area contributed by atoms with E-state index in [0.717, 1.165) is 37.7 Å². The topological polar surface area (TPSA) is 39.7 Å². The summed E-state index contributed by atoms with van der Waals surface area (Å²) in [4.78, 5) is 0. The zero-order valence-electron chi connectivity index (χ0n) is 11.7. The Kier molecular flexibility index (Phi) is 3.28. The van der Waals surface area contributed by atoms with E-state index in [9.17, 15) is 0 Å². The molecule has 2 atom stereocenters. The van der Waals surface area contributed by atoms with Crippen LogP contribution in [0.4, 0.5) is 0 Å². The third-order valence-electron chi connectivity index (χ3n) is 4.56. The van der Waals surface area contributed by atoms with Gasteiger partial charge in [0, 0.05) is 18.6 Å². The lowest BCUT2D eigenvalue weighted by Crippen LogP contribution is -2.38. The van der Waals surface area contributed by atoms with Crippen molar-refractivity contribution in [2.24, 2.45) is 5.92 Å². The molecule has 1 fully saturated rings. The maximum atomic E-state index is 5.74. The van der Waals surface area contributed by atoms with Crippen LogP contribution in [0.5, 0.6) is 11.5 Å². The SMILES string of the molecule is c1c2c(cc3c1OCCO3)C(C1CCCOC1)NCC2. The summed E-state index contributed by atoms with van der Waals surface area (Å²) in [6, 6.07) is 4.77. The highest BCUT2D eigenvalue weighted by Crippen LogP contribution is 2.40. The predicted octanol–water partition coefficient (Wildman–Crippen LogP) is 2.07. The van der Waals surface area contributed by atoms with Gasteiger partial charge in [-0.25, -0.2) is 0 Å². The van der Waals surface area contributed by atoms with Crippen LogP contribution in [0.25, 0.3) is 0 Å². The number of hydrogen-bond donors (Lipinski definition) is 1. The Morgan fingerprint density at radius 2 is 1.90 bits per heavy atom. The van der Waals surface area contributed by atoms with E-state index in [1.165, 1.54) is 24.0 Å². The third kappa shape index (κ3) is 2.17. The first-order valence-corrected chi connectivity index (χ1v) is 7.65. The van der Waals surface area contributed by atoms with Gasteiger partial charge in [-0.3, -0.25) is 0 Å². The fourth-order valence-electron chi connectivity index (χ4n) is 3.57. The van der Waals surface area contributed by atoms with Gasteiger partial charge < -0.3 is 19.5 Å². The summed E-state index contributed by atoms with van der Waals surface area (Å²) in [5.41, 5.74) is 2.79. The van der Waals surface area contributed by atoms with Gasteiger partial charge in [0.15, 0.2) is 11.5 Å². The highest BCUT2D eigenvalue weighted by Gasteiger charge is 2.31. The average molecular weight is 275 g/mol. The number of nitrogens with one attached hydrogen (secondary N) is 1. The van der Waals surface area contributed by atoms with Crippen molar-refractivity contribution in [3.63, 3.8) is 0 Å². The molecule has 3 aliphatic heterocycles. The van der Waals surface area contributed by atoms with Gasteiger partial charge in [-0.1, -0.05) is 0 Å². The van der Waals surface area contributed by atoms with Crippen LogP contribution in [0.1, 0.15) is 30.0 Å². The summed E-state index contributed by atoms with van der Waals surface area (Å²) in [6.45, 7) is 4.12. The Bertz CT molecular complexity index is 497. The van der Waals surface area contributed by atoms with Crippen LogP contribution in [0, 0.1) is 5.92 Å². The van der Waals surface area contributed by atoms with Gasteiger partial charge in [-0.05, 0) is 49.1 Å². The van der Waals surface area contributed by atoms with E-state index in [-0.39, 0.29) is 0 Å². The van der Waals surface area contributed by atoms with Crippen molar-refractivity contribution in [2.45, 2.75) is 25.3 Å². The fourth-order valence-corrected chi connectivity index (χ4v) is 3.57. The van der Waals surface area contributed by atoms with E-state index < -0.39 is 0 Å². The van der Waals surface area contributed by atoms with Crippen molar-refractivity contribution < 1.29 is 14.2 Å². The van der Waals surface area contributed by atoms with E-state index in [1.807, 2.05) is 0 Å². The highest BCUT2D eigenvalue weighted by atomic mass is 16.6. The maximum Gasteiger partial charge on any atom is 0.161 e. The van der Waals surface area contributed by atoms with Crippen LogP contribution >= 0.6 is 0 Å². The van der Waals surface area contributed by atoms with Gasteiger partial charge in [0.25, 0.3) is 0 Å².